The largest absolute Gasteiger partial charge is 0.329 e. The molecule has 0 aliphatic rings. The van der Waals surface area contributed by atoms with Crippen molar-refractivity contribution in [1.82, 2.24) is 4.98 Å². The number of aromatic nitrogens is 1. The molecule has 0 unspecified atom stereocenters. The molecule has 1 aromatic heterocycles. The predicted molar refractivity (Wildman–Crippen MR) is 54.5 cm³/mol. The topological polar surface area (TPSA) is 49.9 Å². The van der Waals surface area contributed by atoms with Crippen molar-refractivity contribution in [3.05, 3.63) is 46.4 Å². The Morgan fingerprint density at radius 1 is 1.19 bits per heavy atom. The minimum atomic E-state index is -3.59. The first kappa shape index (κ1) is 10.5. The second kappa shape index (κ2) is 3.52. The van der Waals surface area contributed by atoms with Crippen LogP contribution in [0.5, 0.6) is 0 Å². The van der Waals surface area contributed by atoms with Crippen LogP contribution in [0.1, 0.15) is 5.56 Å². The number of fused-ring (bicyclic) bond motifs is 1. The number of rotatable bonds is 2. The van der Waals surface area contributed by atoms with Gasteiger partial charge in [0, 0.05) is 11.6 Å². The number of pyridine rings is 1. The zero-order chi connectivity index (χ0) is 11.8. The summed E-state index contributed by atoms with van der Waals surface area (Å²) in [5.74, 6) is -3.59. The summed E-state index contributed by atoms with van der Waals surface area (Å²) in [5.41, 5.74) is -0.946. The lowest BCUT2D eigenvalue weighted by Gasteiger charge is -2.11. The van der Waals surface area contributed by atoms with E-state index in [1.54, 1.807) is 6.07 Å². The molecule has 1 aromatic carbocycles. The Morgan fingerprint density at radius 3 is 2.44 bits per heavy atom. The van der Waals surface area contributed by atoms with Crippen LogP contribution in [-0.4, -0.2) is 11.3 Å². The van der Waals surface area contributed by atoms with Gasteiger partial charge in [-0.3, -0.25) is 9.59 Å². The molecular weight excluding hydrogens is 216 g/mol. The van der Waals surface area contributed by atoms with Gasteiger partial charge in [-0.25, -0.2) is 0 Å². The van der Waals surface area contributed by atoms with Gasteiger partial charge in [-0.2, -0.15) is 8.78 Å². The summed E-state index contributed by atoms with van der Waals surface area (Å²) in [6.07, 6.45) is 0.437. The molecule has 0 saturated heterocycles. The maximum Gasteiger partial charge on any atom is 0.329 e. The highest BCUT2D eigenvalue weighted by atomic mass is 19.3. The van der Waals surface area contributed by atoms with E-state index in [-0.39, 0.29) is 10.8 Å². The van der Waals surface area contributed by atoms with Crippen LogP contribution in [0, 0.1) is 0 Å². The van der Waals surface area contributed by atoms with Crippen molar-refractivity contribution in [2.24, 2.45) is 0 Å². The van der Waals surface area contributed by atoms with Crippen molar-refractivity contribution < 1.29 is 13.6 Å². The molecule has 82 valence electrons. The monoisotopic (exact) mass is 223 g/mol. The Balaban J connectivity index is 2.88. The summed E-state index contributed by atoms with van der Waals surface area (Å²) in [6.45, 7) is 0. The molecule has 0 amide bonds. The second-order valence-electron chi connectivity index (χ2n) is 3.32. The van der Waals surface area contributed by atoms with Crippen LogP contribution < -0.4 is 5.56 Å². The van der Waals surface area contributed by atoms with E-state index in [2.05, 4.69) is 4.98 Å². The number of aromatic amines is 1. The predicted octanol–water partition coefficient (Wildman–Crippen LogP) is 1.82. The van der Waals surface area contributed by atoms with Crippen LogP contribution in [0.2, 0.25) is 0 Å². The summed E-state index contributed by atoms with van der Waals surface area (Å²) < 4.78 is 26.5. The van der Waals surface area contributed by atoms with E-state index in [1.165, 1.54) is 18.2 Å². The number of H-pyrrole nitrogens is 1. The van der Waals surface area contributed by atoms with Crippen LogP contribution >= 0.6 is 0 Å². The highest BCUT2D eigenvalue weighted by molar-refractivity contribution is 5.87. The normalized spacial score (nSPS) is 11.6. The number of hydrogen-bond donors (Lipinski definition) is 1. The summed E-state index contributed by atoms with van der Waals surface area (Å²) in [4.78, 5) is 23.9. The lowest BCUT2D eigenvalue weighted by Crippen LogP contribution is -2.18. The molecular formula is C11H7F2NO2. The molecule has 1 N–H and O–H groups in total. The van der Waals surface area contributed by atoms with Crippen LogP contribution in [0.15, 0.2) is 35.3 Å². The van der Waals surface area contributed by atoms with E-state index in [9.17, 15) is 18.4 Å². The summed E-state index contributed by atoms with van der Waals surface area (Å²) in [5, 5.41) is 0.227. The van der Waals surface area contributed by atoms with E-state index in [0.29, 0.717) is 0 Å². The molecule has 0 bridgehead atoms. The molecule has 0 aliphatic carbocycles. The van der Waals surface area contributed by atoms with Crippen molar-refractivity contribution in [3.63, 3.8) is 0 Å². The maximum absolute atomic E-state index is 13.3. The van der Waals surface area contributed by atoms with Crippen molar-refractivity contribution in [1.29, 1.82) is 0 Å². The Bertz CT molecular complexity index is 604. The number of carbonyl (C=O) groups is 1. The van der Waals surface area contributed by atoms with E-state index in [4.69, 9.17) is 0 Å². The van der Waals surface area contributed by atoms with E-state index >= 15 is 0 Å². The smallest absolute Gasteiger partial charge is 0.328 e. The van der Waals surface area contributed by atoms with Gasteiger partial charge in [0.25, 0.3) is 5.56 Å². The van der Waals surface area contributed by atoms with E-state index < -0.39 is 23.3 Å². The molecule has 3 nitrogen and oxygen atoms in total. The van der Waals surface area contributed by atoms with Gasteiger partial charge in [-0.15, -0.1) is 0 Å². The first-order valence-corrected chi connectivity index (χ1v) is 4.51. The molecule has 2 rings (SSSR count). The minimum absolute atomic E-state index is 0.0864. The highest BCUT2D eigenvalue weighted by Gasteiger charge is 2.33. The molecule has 0 radical (unpaired) electrons. The number of benzene rings is 1. The molecule has 5 heteroatoms. The third-order valence-electron chi connectivity index (χ3n) is 2.32. The van der Waals surface area contributed by atoms with Crippen molar-refractivity contribution in [3.8, 4) is 0 Å². The van der Waals surface area contributed by atoms with Crippen LogP contribution in [-0.2, 0) is 10.7 Å². The summed E-state index contributed by atoms with van der Waals surface area (Å²) >= 11 is 0. The van der Waals surface area contributed by atoms with Gasteiger partial charge < -0.3 is 4.98 Å². The number of nitrogens with one attached hydrogen (secondary N) is 1. The summed E-state index contributed by atoms with van der Waals surface area (Å²) in [6, 6.07) is 5.92. The third kappa shape index (κ3) is 1.50. The number of halogens is 2. The van der Waals surface area contributed by atoms with Gasteiger partial charge in [0.2, 0.25) is 0 Å². The zero-order valence-electron chi connectivity index (χ0n) is 8.04. The fraction of sp³-hybridized carbons (Fsp3) is 0.0909. The number of aldehydes is 1. The lowest BCUT2D eigenvalue weighted by molar-refractivity contribution is -0.130. The molecule has 0 atom stereocenters. The fourth-order valence-electron chi connectivity index (χ4n) is 1.55. The molecule has 0 saturated carbocycles. The van der Waals surface area contributed by atoms with Crippen molar-refractivity contribution in [2.75, 3.05) is 0 Å². The lowest BCUT2D eigenvalue weighted by atomic mass is 10.0. The third-order valence-corrected chi connectivity index (χ3v) is 2.32. The quantitative estimate of drug-likeness (QED) is 0.789. The Kier molecular flexibility index (Phi) is 2.30. The van der Waals surface area contributed by atoms with Crippen molar-refractivity contribution >= 4 is 17.1 Å². The first-order valence-electron chi connectivity index (χ1n) is 4.51. The molecule has 1 heterocycles. The van der Waals surface area contributed by atoms with Gasteiger partial charge in [0.05, 0.1) is 5.56 Å². The average molecular weight is 223 g/mol. The second-order valence-corrected chi connectivity index (χ2v) is 3.32. The van der Waals surface area contributed by atoms with Gasteiger partial charge in [0.15, 0.2) is 6.29 Å². The molecule has 0 fully saturated rings. The highest BCUT2D eigenvalue weighted by Crippen LogP contribution is 2.29. The average Bonchev–Trinajstić information content (AvgIpc) is 2.29. The molecule has 2 aromatic rings. The van der Waals surface area contributed by atoms with E-state index in [1.807, 2.05) is 0 Å². The van der Waals surface area contributed by atoms with Crippen LogP contribution in [0.25, 0.3) is 10.8 Å². The fourth-order valence-corrected chi connectivity index (χ4v) is 1.55. The van der Waals surface area contributed by atoms with Gasteiger partial charge >= 0.3 is 5.92 Å². The number of hydrogen-bond acceptors (Lipinski definition) is 2. The molecule has 16 heavy (non-hydrogen) atoms. The SMILES string of the molecule is O=CC(F)(F)c1c[nH]c(=O)c2ccccc12. The van der Waals surface area contributed by atoms with E-state index in [0.717, 1.165) is 6.20 Å². The van der Waals surface area contributed by atoms with Gasteiger partial charge in [-0.05, 0) is 11.5 Å². The van der Waals surface area contributed by atoms with Crippen molar-refractivity contribution in [2.45, 2.75) is 5.92 Å². The Morgan fingerprint density at radius 2 is 1.81 bits per heavy atom. The number of carbonyl (C=O) groups excluding carboxylic acids is 1. The van der Waals surface area contributed by atoms with Crippen LogP contribution in [0.3, 0.4) is 0 Å². The Hall–Kier alpha value is -2.04. The first-order chi connectivity index (χ1) is 7.56. The Labute approximate surface area is 88.7 Å². The van der Waals surface area contributed by atoms with Gasteiger partial charge in [0.1, 0.15) is 0 Å². The zero-order valence-corrected chi connectivity index (χ0v) is 8.04. The summed E-state index contributed by atoms with van der Waals surface area (Å²) in [7, 11) is 0. The standard InChI is InChI=1S/C11H7F2NO2/c12-11(13,6-15)9-5-14-10(16)8-4-2-1-3-7(8)9/h1-6H,(H,14,16). The molecule has 0 spiro atoms. The maximum atomic E-state index is 13.3. The van der Waals surface area contributed by atoms with Gasteiger partial charge in [-0.1, -0.05) is 18.2 Å². The molecule has 0 aliphatic heterocycles. The minimum Gasteiger partial charge on any atom is -0.328 e. The van der Waals surface area contributed by atoms with Crippen LogP contribution in [0.4, 0.5) is 8.78 Å². The number of alkyl halides is 2.